The molecule has 0 unspecified atom stereocenters. The summed E-state index contributed by atoms with van der Waals surface area (Å²) >= 11 is 12.8. The van der Waals surface area contributed by atoms with Gasteiger partial charge in [-0.1, -0.05) is 89.9 Å². The Labute approximate surface area is 484 Å². The normalized spacial score (nSPS) is 20.1. The highest BCUT2D eigenvalue weighted by Crippen LogP contribution is 2.33. The first-order chi connectivity index (χ1) is 39.0. The quantitative estimate of drug-likeness (QED) is 0.0773. The third-order valence-corrected chi connectivity index (χ3v) is 14.7. The molecule has 3 heterocycles. The van der Waals surface area contributed by atoms with Crippen molar-refractivity contribution in [3.8, 4) is 22.6 Å². The number of nitrogens with zero attached hydrogens (tertiary/aromatic N) is 4. The standard InChI is InChI=1S/C57H66Cl2N8O8.C2HF3O2/c1-36-32-62-52(68)31-47(28-39-11-17-44(58)18-12-39)66(4)57(73)50(35-74-5)64-54(70)37(2)67(53(69)29-43(56(72)65(36)3)27-38-9-7-6-8-10-38)34-42-13-19-45(59)30-51(42)75-48-20-14-40(15-21-48)41-16-22-49(61-33-41)55(71)63-46-23-25-60-26-24-46;3-2(4,5)1(6)7/h6-22,30,33,36-37,43,46-47,50,60H,23-29,31-32,34-35H2,1-5H3,(H,62,68)(H,63,71)(H,64,70);(H,6,7)/t36-,37-,43+,47-,50-;/m0./s1. The molecule has 1 aromatic heterocycles. The number of benzene rings is 4. The molecule has 0 radical (unpaired) electrons. The number of pyridine rings is 1. The van der Waals surface area contributed by atoms with E-state index in [-0.39, 0.29) is 69.1 Å². The van der Waals surface area contributed by atoms with Crippen molar-refractivity contribution in [2.24, 2.45) is 5.92 Å². The first-order valence-electron chi connectivity index (χ1n) is 26.5. The molecule has 0 bridgehead atoms. The van der Waals surface area contributed by atoms with Gasteiger partial charge in [-0.05, 0) is 112 Å². The van der Waals surface area contributed by atoms with Gasteiger partial charge in [0.25, 0.3) is 5.91 Å². The minimum absolute atomic E-state index is 0.0840. The number of aliphatic carboxylic acids is 1. The number of ether oxygens (including phenoxy) is 2. The van der Waals surface area contributed by atoms with Crippen molar-refractivity contribution in [3.63, 3.8) is 0 Å². The number of carbonyl (C=O) groups is 7. The maximum Gasteiger partial charge on any atom is 0.490 e. The zero-order valence-electron chi connectivity index (χ0n) is 46.0. The van der Waals surface area contributed by atoms with Crippen LogP contribution in [0.3, 0.4) is 0 Å². The lowest BCUT2D eigenvalue weighted by Gasteiger charge is -2.35. The van der Waals surface area contributed by atoms with Gasteiger partial charge in [-0.3, -0.25) is 33.8 Å². The molecule has 5 N–H and O–H groups in total. The van der Waals surface area contributed by atoms with Gasteiger partial charge < -0.3 is 50.5 Å². The van der Waals surface area contributed by atoms with Crippen LogP contribution in [0.4, 0.5) is 13.2 Å². The lowest BCUT2D eigenvalue weighted by Crippen LogP contribution is -2.57. The Kier molecular flexibility index (Phi) is 23.2. The Balaban J connectivity index is 0.00000145. The Morgan fingerprint density at radius 3 is 2.05 bits per heavy atom. The van der Waals surface area contributed by atoms with Crippen molar-refractivity contribution >= 4 is 64.6 Å². The Morgan fingerprint density at radius 2 is 1.43 bits per heavy atom. The second-order valence-electron chi connectivity index (χ2n) is 20.2. The number of methoxy groups -OCH3 is 1. The van der Waals surface area contributed by atoms with Crippen LogP contribution in [0, 0.1) is 5.92 Å². The molecule has 2 fully saturated rings. The number of hydrogen-bond donors (Lipinski definition) is 5. The van der Waals surface area contributed by atoms with E-state index in [2.05, 4.69) is 26.3 Å². The van der Waals surface area contributed by atoms with Crippen LogP contribution in [0.25, 0.3) is 11.1 Å². The van der Waals surface area contributed by atoms with E-state index in [1.54, 1.807) is 80.6 Å². The highest BCUT2D eigenvalue weighted by Gasteiger charge is 2.39. The van der Waals surface area contributed by atoms with Gasteiger partial charge in [0.1, 0.15) is 29.3 Å². The van der Waals surface area contributed by atoms with Crippen molar-refractivity contribution in [3.05, 3.63) is 148 Å². The molecule has 2 aliphatic heterocycles. The van der Waals surface area contributed by atoms with Crippen molar-refractivity contribution in [1.29, 1.82) is 0 Å². The lowest BCUT2D eigenvalue weighted by atomic mass is 9.93. The van der Waals surface area contributed by atoms with Gasteiger partial charge in [0, 0.05) is 86.1 Å². The summed E-state index contributed by atoms with van der Waals surface area (Å²) in [5.41, 5.74) is 4.12. The van der Waals surface area contributed by atoms with Crippen molar-refractivity contribution in [1.82, 2.24) is 41.0 Å². The summed E-state index contributed by atoms with van der Waals surface area (Å²) in [4.78, 5) is 103. The molecule has 82 heavy (non-hydrogen) atoms. The van der Waals surface area contributed by atoms with Crippen LogP contribution in [0.15, 0.2) is 115 Å². The van der Waals surface area contributed by atoms with Crippen LogP contribution in [0.2, 0.25) is 10.0 Å². The van der Waals surface area contributed by atoms with E-state index in [1.807, 2.05) is 67.6 Å². The lowest BCUT2D eigenvalue weighted by molar-refractivity contribution is -0.192. The first-order valence-corrected chi connectivity index (χ1v) is 27.3. The van der Waals surface area contributed by atoms with E-state index in [4.69, 9.17) is 42.6 Å². The number of carboxylic acids is 1. The predicted octanol–water partition coefficient (Wildman–Crippen LogP) is 7.50. The smallest absolute Gasteiger partial charge is 0.475 e. The number of alkyl halides is 3. The zero-order chi connectivity index (χ0) is 59.7. The third kappa shape index (κ3) is 18.5. The van der Waals surface area contributed by atoms with Gasteiger partial charge in [-0.15, -0.1) is 0 Å². The Hall–Kier alpha value is -7.59. The monoisotopic (exact) mass is 1170 g/mol. The second-order valence-corrected chi connectivity index (χ2v) is 21.0. The van der Waals surface area contributed by atoms with Gasteiger partial charge in [0.2, 0.25) is 29.5 Å². The average Bonchev–Trinajstić information content (AvgIpc) is 3.56. The number of carbonyl (C=O) groups excluding carboxylic acids is 6. The van der Waals surface area contributed by atoms with Crippen molar-refractivity contribution in [2.45, 2.75) is 95.3 Å². The van der Waals surface area contributed by atoms with Crippen molar-refractivity contribution in [2.75, 3.05) is 47.4 Å². The Morgan fingerprint density at radius 1 is 0.793 bits per heavy atom. The van der Waals surface area contributed by atoms with E-state index in [1.165, 1.54) is 16.9 Å². The highest BCUT2D eigenvalue weighted by atomic mass is 35.5. The number of halogens is 5. The molecule has 7 rings (SSSR count). The molecule has 0 aliphatic carbocycles. The molecular formula is C59H67Cl2F3N8O10. The second kappa shape index (κ2) is 29.9. The largest absolute Gasteiger partial charge is 0.490 e. The van der Waals surface area contributed by atoms with Crippen LogP contribution in [-0.4, -0.2) is 150 Å². The fourth-order valence-corrected chi connectivity index (χ4v) is 9.54. The number of nitrogens with one attached hydrogen (secondary N) is 4. The van der Waals surface area contributed by atoms with Crippen LogP contribution < -0.4 is 26.0 Å². The van der Waals surface area contributed by atoms with E-state index < -0.39 is 60.0 Å². The molecule has 2 saturated heterocycles. The maximum atomic E-state index is 15.1. The Bertz CT molecular complexity index is 2990. The summed E-state index contributed by atoms with van der Waals surface area (Å²) in [6.45, 7) is 4.85. The molecule has 5 atom stereocenters. The van der Waals surface area contributed by atoms with Gasteiger partial charge in [-0.25, -0.2) is 4.79 Å². The highest BCUT2D eigenvalue weighted by molar-refractivity contribution is 6.31. The topological polar surface area (TPSA) is 229 Å². The van der Waals surface area contributed by atoms with Crippen LogP contribution in [0.5, 0.6) is 11.5 Å². The van der Waals surface area contributed by atoms with E-state index in [0.717, 1.165) is 48.2 Å². The average molecular weight is 1180 g/mol. The molecule has 6 amide bonds. The number of piperidine rings is 1. The van der Waals surface area contributed by atoms with Crippen LogP contribution in [0.1, 0.15) is 66.7 Å². The van der Waals surface area contributed by atoms with E-state index >= 15 is 4.79 Å². The third-order valence-electron chi connectivity index (χ3n) is 14.2. The molecular weight excluding hydrogens is 1110 g/mol. The molecule has 5 aromatic rings. The van der Waals surface area contributed by atoms with Gasteiger partial charge >= 0.3 is 12.1 Å². The minimum Gasteiger partial charge on any atom is -0.475 e. The zero-order valence-corrected chi connectivity index (χ0v) is 47.5. The number of rotatable bonds is 13. The first kappa shape index (κ1) is 63.6. The number of carboxylic acid groups (broad SMARTS) is 1. The van der Waals surface area contributed by atoms with Gasteiger partial charge in [0.05, 0.1) is 19.1 Å². The molecule has 23 heteroatoms. The fraction of sp³-hybridized carbons (Fsp3) is 0.390. The summed E-state index contributed by atoms with van der Waals surface area (Å²) < 4.78 is 43.7. The summed E-state index contributed by atoms with van der Waals surface area (Å²) in [5.74, 6) is -5.41. The minimum atomic E-state index is -5.08. The molecule has 438 valence electrons. The maximum absolute atomic E-state index is 15.1. The number of likely N-dealkylation sites (N-methyl/N-ethyl adjacent to an activating group) is 2. The molecule has 2 aliphatic rings. The van der Waals surface area contributed by atoms with Gasteiger partial charge in [-0.2, -0.15) is 13.2 Å². The number of aromatic nitrogens is 1. The number of hydrogen-bond acceptors (Lipinski definition) is 11. The van der Waals surface area contributed by atoms with Crippen molar-refractivity contribution < 1.29 is 61.3 Å². The molecule has 0 saturated carbocycles. The van der Waals surface area contributed by atoms with Crippen LogP contribution in [-0.2, 0) is 52.9 Å². The molecule has 0 spiro atoms. The molecule has 4 aromatic carbocycles. The summed E-state index contributed by atoms with van der Waals surface area (Å²) in [6, 6.07) is 28.9. The van der Waals surface area contributed by atoms with E-state index in [9.17, 15) is 37.1 Å². The van der Waals surface area contributed by atoms with E-state index in [0.29, 0.717) is 32.8 Å². The van der Waals surface area contributed by atoms with Gasteiger partial charge in [0.15, 0.2) is 0 Å². The molecule has 18 nitrogen and oxygen atoms in total. The predicted molar refractivity (Wildman–Crippen MR) is 302 cm³/mol. The summed E-state index contributed by atoms with van der Waals surface area (Å²) in [5, 5.41) is 20.2. The number of amides is 6. The van der Waals surface area contributed by atoms with Crippen LogP contribution >= 0.6 is 23.2 Å². The summed E-state index contributed by atoms with van der Waals surface area (Å²) in [7, 11) is 4.63. The fourth-order valence-electron chi connectivity index (χ4n) is 9.25. The SMILES string of the molecule is COC[C@@H]1NC(=O)[C@H](C)N(Cc2ccc(Cl)cc2Oc2ccc(-c3ccc(C(=O)NC4CCNCC4)nc3)cc2)C(=O)C[C@@H](Cc2ccccc2)C(=O)N(C)[C@@H](C)CNC(=O)C[C@H](Cc2ccc(Cl)cc2)N(C)C1=O.O=C(O)C(F)(F)F. The summed E-state index contributed by atoms with van der Waals surface area (Å²) in [6.07, 6.45) is -1.56.